The largest absolute Gasteiger partial charge is 0.469 e. The minimum atomic E-state index is -4.78. The zero-order chi connectivity index (χ0) is 36.8. The lowest BCUT2D eigenvalue weighted by Gasteiger charge is -2.18. The Labute approximate surface area is 304 Å². The van der Waals surface area contributed by atoms with Crippen molar-refractivity contribution in [2.24, 2.45) is 0 Å². The fourth-order valence-corrected chi connectivity index (χ4v) is 5.28. The molecule has 286 valence electrons. The van der Waals surface area contributed by atoms with Crippen LogP contribution in [-0.4, -0.2) is 41.0 Å². The lowest BCUT2D eigenvalue weighted by Crippen LogP contribution is -2.29. The molecular formula is C41H69O8P. The van der Waals surface area contributed by atoms with E-state index in [-0.39, 0.29) is 13.0 Å². The van der Waals surface area contributed by atoms with Gasteiger partial charge in [0.2, 0.25) is 0 Å². The van der Waals surface area contributed by atoms with Gasteiger partial charge in [0.1, 0.15) is 6.61 Å². The number of ether oxygens (including phenoxy) is 2. The molecule has 8 nitrogen and oxygen atoms in total. The van der Waals surface area contributed by atoms with Crippen molar-refractivity contribution in [3.05, 3.63) is 72.9 Å². The second-order valence-electron chi connectivity index (χ2n) is 12.6. The summed E-state index contributed by atoms with van der Waals surface area (Å²) in [6.45, 7) is 3.47. The number of unbranched alkanes of at least 4 members (excludes halogenated alkanes) is 15. The molecule has 0 aromatic heterocycles. The zero-order valence-corrected chi connectivity index (χ0v) is 32.2. The van der Waals surface area contributed by atoms with Crippen LogP contribution in [0.2, 0.25) is 0 Å². The molecule has 0 saturated carbocycles. The van der Waals surface area contributed by atoms with Crippen molar-refractivity contribution in [3.63, 3.8) is 0 Å². The fourth-order valence-electron chi connectivity index (χ4n) is 4.92. The van der Waals surface area contributed by atoms with E-state index in [4.69, 9.17) is 19.3 Å². The van der Waals surface area contributed by atoms with Gasteiger partial charge in [-0.25, -0.2) is 9.36 Å². The van der Waals surface area contributed by atoms with E-state index in [0.717, 1.165) is 57.8 Å². The highest BCUT2D eigenvalue weighted by Gasteiger charge is 2.22. The predicted molar refractivity (Wildman–Crippen MR) is 207 cm³/mol. The van der Waals surface area contributed by atoms with Gasteiger partial charge in [-0.05, 0) is 57.8 Å². The van der Waals surface area contributed by atoms with Gasteiger partial charge in [0.25, 0.3) is 0 Å². The Kier molecular flexibility index (Phi) is 34.5. The summed E-state index contributed by atoms with van der Waals surface area (Å²) >= 11 is 0. The van der Waals surface area contributed by atoms with Gasteiger partial charge in [-0.2, -0.15) is 0 Å². The summed E-state index contributed by atoms with van der Waals surface area (Å²) in [5, 5.41) is 0. The Morgan fingerprint density at radius 2 is 1.08 bits per heavy atom. The minimum absolute atomic E-state index is 0.151. The predicted octanol–water partition coefficient (Wildman–Crippen LogP) is 11.5. The first-order chi connectivity index (χ1) is 24.3. The maximum atomic E-state index is 12.3. The van der Waals surface area contributed by atoms with Gasteiger partial charge in [-0.3, -0.25) is 9.32 Å². The number of rotatable bonds is 34. The van der Waals surface area contributed by atoms with Gasteiger partial charge in [-0.1, -0.05) is 158 Å². The van der Waals surface area contributed by atoms with Crippen LogP contribution in [0.5, 0.6) is 0 Å². The lowest BCUT2D eigenvalue weighted by molar-refractivity contribution is -0.159. The summed E-state index contributed by atoms with van der Waals surface area (Å²) in [6, 6.07) is 0. The fraction of sp³-hybridized carbons (Fsp3) is 0.659. The number of carbonyl (C=O) groups is 2. The molecule has 0 aromatic rings. The molecular weight excluding hydrogens is 651 g/mol. The smallest absolute Gasteiger partial charge is 0.458 e. The highest BCUT2D eigenvalue weighted by molar-refractivity contribution is 7.46. The van der Waals surface area contributed by atoms with Crippen LogP contribution in [0.25, 0.3) is 0 Å². The Balaban J connectivity index is 4.14. The van der Waals surface area contributed by atoms with E-state index in [1.54, 1.807) is 12.2 Å². The van der Waals surface area contributed by atoms with Gasteiger partial charge in [0.05, 0.1) is 6.61 Å². The molecule has 0 aliphatic carbocycles. The van der Waals surface area contributed by atoms with Gasteiger partial charge in [0.15, 0.2) is 6.10 Å². The van der Waals surface area contributed by atoms with Crippen molar-refractivity contribution in [3.8, 4) is 0 Å². The van der Waals surface area contributed by atoms with Crippen LogP contribution in [0.4, 0.5) is 0 Å². The summed E-state index contributed by atoms with van der Waals surface area (Å²) < 4.78 is 26.1. The molecule has 0 fully saturated rings. The summed E-state index contributed by atoms with van der Waals surface area (Å²) in [5.41, 5.74) is 0. The zero-order valence-electron chi connectivity index (χ0n) is 31.3. The third-order valence-corrected chi connectivity index (χ3v) is 8.27. The van der Waals surface area contributed by atoms with Gasteiger partial charge in [0, 0.05) is 12.5 Å². The monoisotopic (exact) mass is 720 g/mol. The quantitative estimate of drug-likeness (QED) is 0.0168. The Morgan fingerprint density at radius 1 is 0.580 bits per heavy atom. The summed E-state index contributed by atoms with van der Waals surface area (Å²) in [7, 11) is -4.78. The number of hydrogen-bond acceptors (Lipinski definition) is 6. The third kappa shape index (κ3) is 38.3. The lowest BCUT2D eigenvalue weighted by atomic mass is 10.1. The molecule has 2 N–H and O–H groups in total. The second kappa shape index (κ2) is 36.3. The van der Waals surface area contributed by atoms with Crippen molar-refractivity contribution in [2.75, 3.05) is 13.2 Å². The highest BCUT2D eigenvalue weighted by Crippen LogP contribution is 2.35. The number of allylic oxidation sites excluding steroid dienone is 11. The first-order valence-electron chi connectivity index (χ1n) is 19.3. The maximum Gasteiger partial charge on any atom is 0.469 e. The second-order valence-corrected chi connectivity index (χ2v) is 13.9. The van der Waals surface area contributed by atoms with Gasteiger partial charge in [-0.15, -0.1) is 0 Å². The Morgan fingerprint density at radius 3 is 1.64 bits per heavy atom. The van der Waals surface area contributed by atoms with Crippen LogP contribution in [0.1, 0.15) is 155 Å². The topological polar surface area (TPSA) is 119 Å². The number of phosphoric acid groups is 1. The minimum Gasteiger partial charge on any atom is -0.458 e. The molecule has 1 atom stereocenters. The standard InChI is InChI=1S/C41H69O8P/c1-3-5-7-9-11-13-15-17-19-20-22-24-26-28-30-32-34-36-41(43)49-39(38-48-50(44,45)46)37-47-40(42)35-33-31-29-27-25-23-21-18-16-14-12-10-8-6-4-2/h7,9,13,15,19-20,24,26,29,31,33,35,39H,3-6,8,10-12,14,16-18,21-23,25,27-28,30,32,34,36-38H2,1-2H3,(H2,44,45,46)/b9-7+,15-13+,20-19+,26-24+,31-29+,35-33+/t39-/m1/s1. The average molecular weight is 721 g/mol. The molecule has 0 spiro atoms. The van der Waals surface area contributed by atoms with Crippen molar-refractivity contribution in [2.45, 2.75) is 161 Å². The van der Waals surface area contributed by atoms with Crippen LogP contribution in [0.3, 0.4) is 0 Å². The van der Waals surface area contributed by atoms with E-state index < -0.39 is 32.5 Å². The first kappa shape index (κ1) is 47.5. The van der Waals surface area contributed by atoms with E-state index >= 15 is 0 Å². The molecule has 0 heterocycles. The molecule has 0 aromatic carbocycles. The van der Waals surface area contributed by atoms with E-state index in [2.05, 4.69) is 67.0 Å². The van der Waals surface area contributed by atoms with Crippen LogP contribution in [-0.2, 0) is 28.2 Å². The molecule has 0 aliphatic heterocycles. The number of esters is 2. The van der Waals surface area contributed by atoms with Gasteiger partial charge < -0.3 is 19.3 Å². The number of phosphoric ester groups is 1. The molecule has 0 radical (unpaired) electrons. The van der Waals surface area contributed by atoms with E-state index in [0.29, 0.717) is 6.42 Å². The van der Waals surface area contributed by atoms with Crippen LogP contribution >= 0.6 is 7.82 Å². The van der Waals surface area contributed by atoms with Crippen LogP contribution in [0.15, 0.2) is 72.9 Å². The number of carbonyl (C=O) groups excluding carboxylic acids is 2. The van der Waals surface area contributed by atoms with E-state index in [1.165, 1.54) is 76.7 Å². The van der Waals surface area contributed by atoms with Crippen molar-refractivity contribution in [1.29, 1.82) is 0 Å². The molecule has 9 heteroatoms. The summed E-state index contributed by atoms with van der Waals surface area (Å²) in [5.74, 6) is -1.18. The van der Waals surface area contributed by atoms with Crippen molar-refractivity contribution >= 4 is 19.8 Å². The highest BCUT2D eigenvalue weighted by atomic mass is 31.2. The summed E-state index contributed by atoms with van der Waals surface area (Å²) in [4.78, 5) is 42.6. The first-order valence-corrected chi connectivity index (χ1v) is 20.8. The van der Waals surface area contributed by atoms with E-state index in [1.807, 2.05) is 6.08 Å². The Bertz CT molecular complexity index is 1040. The molecule has 0 rings (SSSR count). The maximum absolute atomic E-state index is 12.3. The molecule has 50 heavy (non-hydrogen) atoms. The molecule has 0 saturated heterocycles. The average Bonchev–Trinajstić information content (AvgIpc) is 3.08. The summed E-state index contributed by atoms with van der Waals surface area (Å²) in [6.07, 6.45) is 46.8. The van der Waals surface area contributed by atoms with E-state index in [9.17, 15) is 14.2 Å². The molecule has 0 unspecified atom stereocenters. The molecule has 0 bridgehead atoms. The third-order valence-electron chi connectivity index (χ3n) is 7.78. The van der Waals surface area contributed by atoms with Crippen molar-refractivity contribution < 1.29 is 37.9 Å². The van der Waals surface area contributed by atoms with Crippen molar-refractivity contribution in [1.82, 2.24) is 0 Å². The number of hydrogen-bond donors (Lipinski definition) is 2. The normalized spacial score (nSPS) is 13.3. The Hall–Kier alpha value is -2.51. The van der Waals surface area contributed by atoms with Gasteiger partial charge >= 0.3 is 19.8 Å². The van der Waals surface area contributed by atoms with Crippen LogP contribution < -0.4 is 0 Å². The molecule has 0 aliphatic rings. The molecule has 0 amide bonds. The van der Waals surface area contributed by atoms with Crippen LogP contribution in [0, 0.1) is 0 Å². The SMILES string of the molecule is CCC/C=C/C/C=C/C/C=C/C/C=C/CCCCCC(=O)O[C@H](COC(=O)/C=C/C=C/CCCCCCCCCCCCC)COP(=O)(O)O.